The fourth-order valence-electron chi connectivity index (χ4n) is 1.72. The second kappa shape index (κ2) is 6.95. The average Bonchev–Trinajstić information content (AvgIpc) is 2.49. The third kappa shape index (κ3) is 4.51. The zero-order valence-electron chi connectivity index (χ0n) is 12.3. The normalized spacial score (nSPS) is 12.8. The monoisotopic (exact) mass is 348 g/mol. The maximum Gasteiger partial charge on any atom is 0.433 e. The van der Waals surface area contributed by atoms with Crippen molar-refractivity contribution in [3.8, 4) is 0 Å². The summed E-state index contributed by atoms with van der Waals surface area (Å²) in [5.41, 5.74) is -1.65. The van der Waals surface area contributed by atoms with E-state index in [0.717, 1.165) is 18.2 Å². The molecule has 0 unspecified atom stereocenters. The van der Waals surface area contributed by atoms with E-state index in [2.05, 4.69) is 20.6 Å². The topological polar surface area (TPSA) is 70.1 Å². The lowest BCUT2D eigenvalue weighted by Gasteiger charge is -2.15. The molecule has 0 amide bonds. The lowest BCUT2D eigenvalue weighted by molar-refractivity contribution is -0.141. The molecular weight excluding hydrogens is 335 g/mol. The summed E-state index contributed by atoms with van der Waals surface area (Å²) >= 11 is 0. The summed E-state index contributed by atoms with van der Waals surface area (Å²) in [7, 11) is 0. The molecule has 0 aliphatic carbocycles. The second-order valence-corrected chi connectivity index (χ2v) is 4.94. The van der Waals surface area contributed by atoms with E-state index in [9.17, 15) is 22.0 Å². The first-order valence-corrected chi connectivity index (χ1v) is 6.75. The number of aliphatic hydroxyl groups excluding tert-OH is 1. The number of halogens is 5. The van der Waals surface area contributed by atoms with Crippen LogP contribution in [0, 0.1) is 11.6 Å². The van der Waals surface area contributed by atoms with Crippen molar-refractivity contribution in [3.05, 3.63) is 41.6 Å². The van der Waals surface area contributed by atoms with Crippen LogP contribution >= 0.6 is 0 Å². The Bertz CT molecular complexity index is 723. The standard InChI is InChI=1S/C14H13F5N4O/c1-7(6-24)20-13-22-11(14(17,18)19)5-12(23-13)21-10-4-8(15)2-3-9(10)16/h2-5,7,24H,6H2,1H3,(H2,20,21,22,23)/t7-/m0/s1. The first-order valence-electron chi connectivity index (χ1n) is 6.75. The van der Waals surface area contributed by atoms with Crippen molar-refractivity contribution in [2.45, 2.75) is 19.1 Å². The van der Waals surface area contributed by atoms with E-state index >= 15 is 0 Å². The van der Waals surface area contributed by atoms with E-state index in [0.29, 0.717) is 6.07 Å². The van der Waals surface area contributed by atoms with Gasteiger partial charge in [-0.25, -0.2) is 13.8 Å². The molecule has 0 bridgehead atoms. The van der Waals surface area contributed by atoms with Crippen molar-refractivity contribution in [2.75, 3.05) is 17.2 Å². The molecule has 2 rings (SSSR count). The predicted molar refractivity (Wildman–Crippen MR) is 76.8 cm³/mol. The third-order valence-electron chi connectivity index (χ3n) is 2.86. The summed E-state index contributed by atoms with van der Waals surface area (Å²) in [6.45, 7) is 1.14. The van der Waals surface area contributed by atoms with Gasteiger partial charge in [-0.15, -0.1) is 0 Å². The molecule has 10 heteroatoms. The molecule has 0 spiro atoms. The maximum absolute atomic E-state index is 13.6. The molecule has 1 aromatic carbocycles. The molecule has 0 aliphatic rings. The molecule has 0 saturated carbocycles. The van der Waals surface area contributed by atoms with Gasteiger partial charge in [0.15, 0.2) is 5.69 Å². The smallest absolute Gasteiger partial charge is 0.394 e. The Morgan fingerprint density at radius 3 is 2.50 bits per heavy atom. The van der Waals surface area contributed by atoms with Crippen LogP contribution in [0.15, 0.2) is 24.3 Å². The van der Waals surface area contributed by atoms with Crippen LogP contribution in [-0.4, -0.2) is 27.7 Å². The Morgan fingerprint density at radius 2 is 1.88 bits per heavy atom. The minimum Gasteiger partial charge on any atom is -0.394 e. The van der Waals surface area contributed by atoms with Gasteiger partial charge < -0.3 is 15.7 Å². The Morgan fingerprint density at radius 1 is 1.17 bits per heavy atom. The number of hydrogen-bond acceptors (Lipinski definition) is 5. The highest BCUT2D eigenvalue weighted by atomic mass is 19.4. The molecular formula is C14H13F5N4O. The Hall–Kier alpha value is -2.49. The number of rotatable bonds is 5. The highest BCUT2D eigenvalue weighted by molar-refractivity contribution is 5.58. The molecule has 3 N–H and O–H groups in total. The first-order chi connectivity index (χ1) is 11.2. The van der Waals surface area contributed by atoms with Crippen molar-refractivity contribution >= 4 is 17.5 Å². The molecule has 2 aromatic rings. The summed E-state index contributed by atoms with van der Waals surface area (Å²) < 4.78 is 65.5. The van der Waals surface area contributed by atoms with E-state index in [-0.39, 0.29) is 18.1 Å². The maximum atomic E-state index is 13.6. The van der Waals surface area contributed by atoms with Gasteiger partial charge in [0.25, 0.3) is 0 Å². The van der Waals surface area contributed by atoms with Crippen molar-refractivity contribution < 1.29 is 27.1 Å². The van der Waals surface area contributed by atoms with Gasteiger partial charge >= 0.3 is 6.18 Å². The van der Waals surface area contributed by atoms with Crippen molar-refractivity contribution in [2.24, 2.45) is 0 Å². The van der Waals surface area contributed by atoms with Gasteiger partial charge in [-0.2, -0.15) is 18.2 Å². The summed E-state index contributed by atoms with van der Waals surface area (Å²) in [6.07, 6.45) is -4.77. The lowest BCUT2D eigenvalue weighted by Crippen LogP contribution is -2.22. The summed E-state index contributed by atoms with van der Waals surface area (Å²) in [5.74, 6) is -2.42. The van der Waals surface area contributed by atoms with Crippen LogP contribution in [0.1, 0.15) is 12.6 Å². The van der Waals surface area contributed by atoms with E-state index in [1.54, 1.807) is 0 Å². The fraction of sp³-hybridized carbons (Fsp3) is 0.286. The average molecular weight is 348 g/mol. The van der Waals surface area contributed by atoms with Crippen molar-refractivity contribution in [1.29, 1.82) is 0 Å². The zero-order valence-corrected chi connectivity index (χ0v) is 12.3. The number of aromatic nitrogens is 2. The molecule has 0 saturated heterocycles. The van der Waals surface area contributed by atoms with Crippen LogP contribution < -0.4 is 10.6 Å². The SMILES string of the molecule is C[C@@H](CO)Nc1nc(Nc2cc(F)ccc2F)cc(C(F)(F)F)n1. The quantitative estimate of drug-likeness (QED) is 0.724. The Kier molecular flexibility index (Phi) is 5.17. The number of alkyl halides is 3. The molecule has 0 radical (unpaired) electrons. The molecule has 0 aliphatic heterocycles. The van der Waals surface area contributed by atoms with Crippen molar-refractivity contribution in [1.82, 2.24) is 9.97 Å². The predicted octanol–water partition coefficient (Wildman–Crippen LogP) is 3.31. The van der Waals surface area contributed by atoms with Crippen LogP contribution in [-0.2, 0) is 6.18 Å². The van der Waals surface area contributed by atoms with Gasteiger partial charge in [0.05, 0.1) is 12.3 Å². The van der Waals surface area contributed by atoms with E-state index in [4.69, 9.17) is 5.11 Å². The minimum atomic E-state index is -4.77. The molecule has 24 heavy (non-hydrogen) atoms. The molecule has 130 valence electrons. The number of nitrogens with one attached hydrogen (secondary N) is 2. The zero-order chi connectivity index (χ0) is 17.9. The number of nitrogens with zero attached hydrogens (tertiary/aromatic N) is 2. The van der Waals surface area contributed by atoms with E-state index in [1.165, 1.54) is 6.92 Å². The van der Waals surface area contributed by atoms with Gasteiger partial charge in [-0.3, -0.25) is 0 Å². The van der Waals surface area contributed by atoms with Gasteiger partial charge in [-0.05, 0) is 19.1 Å². The molecule has 1 atom stereocenters. The van der Waals surface area contributed by atoms with E-state index < -0.39 is 35.5 Å². The van der Waals surface area contributed by atoms with Gasteiger partial charge in [0.1, 0.15) is 17.5 Å². The third-order valence-corrected chi connectivity index (χ3v) is 2.86. The Balaban J connectivity index is 2.40. The summed E-state index contributed by atoms with van der Waals surface area (Å²) in [5, 5.41) is 13.7. The first kappa shape index (κ1) is 17.9. The van der Waals surface area contributed by atoms with Gasteiger partial charge in [0, 0.05) is 18.2 Å². The van der Waals surface area contributed by atoms with Crippen LogP contribution in [0.3, 0.4) is 0 Å². The van der Waals surface area contributed by atoms with Crippen molar-refractivity contribution in [3.63, 3.8) is 0 Å². The Labute approximate surface area is 133 Å². The fourth-order valence-corrected chi connectivity index (χ4v) is 1.72. The highest BCUT2D eigenvalue weighted by Gasteiger charge is 2.34. The number of hydrogen-bond donors (Lipinski definition) is 3. The van der Waals surface area contributed by atoms with Crippen LogP contribution in [0.25, 0.3) is 0 Å². The number of aliphatic hydroxyl groups is 1. The second-order valence-electron chi connectivity index (χ2n) is 4.94. The summed E-state index contributed by atoms with van der Waals surface area (Å²) in [4.78, 5) is 7.08. The molecule has 0 fully saturated rings. The van der Waals surface area contributed by atoms with Crippen LogP contribution in [0.5, 0.6) is 0 Å². The van der Waals surface area contributed by atoms with Gasteiger partial charge in [0.2, 0.25) is 5.95 Å². The highest BCUT2D eigenvalue weighted by Crippen LogP contribution is 2.31. The molecule has 5 nitrogen and oxygen atoms in total. The largest absolute Gasteiger partial charge is 0.433 e. The summed E-state index contributed by atoms with van der Waals surface area (Å²) in [6, 6.07) is 2.45. The minimum absolute atomic E-state index is 0.360. The molecule has 1 heterocycles. The number of benzene rings is 1. The van der Waals surface area contributed by atoms with E-state index in [1.807, 2.05) is 0 Å². The van der Waals surface area contributed by atoms with Crippen LogP contribution in [0.2, 0.25) is 0 Å². The van der Waals surface area contributed by atoms with Gasteiger partial charge in [-0.1, -0.05) is 0 Å². The molecule has 1 aromatic heterocycles. The lowest BCUT2D eigenvalue weighted by atomic mass is 10.3. The number of anilines is 3. The van der Waals surface area contributed by atoms with Crippen LogP contribution in [0.4, 0.5) is 39.4 Å².